The molecule has 32 heavy (non-hydrogen) atoms. The van der Waals surface area contributed by atoms with Crippen LogP contribution in [0.15, 0.2) is 23.0 Å². The van der Waals surface area contributed by atoms with E-state index in [0.717, 1.165) is 5.75 Å². The largest absolute Gasteiger partial charge is 0.501 e. The van der Waals surface area contributed by atoms with Crippen molar-refractivity contribution in [1.82, 2.24) is 19.4 Å². The zero-order valence-corrected chi connectivity index (χ0v) is 19.7. The van der Waals surface area contributed by atoms with Crippen molar-refractivity contribution in [2.24, 2.45) is 0 Å². The second-order valence-corrected chi connectivity index (χ2v) is 9.46. The molecule has 1 aromatic heterocycles. The number of fused-ring (bicyclic) bond motifs is 1. The SMILES string of the molecule is CSCCN1CCn2c(C3CCCN3C(=O)c3c(Cl)cccc3Cl)nc(=O)c(O)c2C1=O. The van der Waals surface area contributed by atoms with Crippen molar-refractivity contribution in [2.45, 2.75) is 25.4 Å². The highest BCUT2D eigenvalue weighted by Gasteiger charge is 2.38. The summed E-state index contributed by atoms with van der Waals surface area (Å²) >= 11 is 14.1. The molecule has 8 nitrogen and oxygen atoms in total. The van der Waals surface area contributed by atoms with E-state index in [4.69, 9.17) is 23.2 Å². The van der Waals surface area contributed by atoms with E-state index < -0.39 is 23.3 Å². The first kappa shape index (κ1) is 22.9. The zero-order chi connectivity index (χ0) is 23.0. The molecule has 1 atom stereocenters. The minimum atomic E-state index is -0.874. The fourth-order valence-electron chi connectivity index (χ4n) is 4.27. The minimum absolute atomic E-state index is 0.0672. The van der Waals surface area contributed by atoms with Crippen molar-refractivity contribution in [3.05, 3.63) is 55.7 Å². The second kappa shape index (κ2) is 9.33. The highest BCUT2D eigenvalue weighted by molar-refractivity contribution is 7.98. The molecular formula is C21H22Cl2N4O4S. The summed E-state index contributed by atoms with van der Waals surface area (Å²) in [6.45, 7) is 1.76. The fraction of sp³-hybridized carbons (Fsp3) is 0.429. The van der Waals surface area contributed by atoms with E-state index in [1.54, 1.807) is 44.3 Å². The number of hydrogen-bond donors (Lipinski definition) is 1. The van der Waals surface area contributed by atoms with Crippen LogP contribution in [0.4, 0.5) is 0 Å². The fourth-order valence-corrected chi connectivity index (χ4v) is 5.23. The van der Waals surface area contributed by atoms with Crippen LogP contribution in [0.1, 0.15) is 45.6 Å². The van der Waals surface area contributed by atoms with Gasteiger partial charge >= 0.3 is 5.56 Å². The summed E-state index contributed by atoms with van der Waals surface area (Å²) in [5, 5.41) is 10.9. The van der Waals surface area contributed by atoms with Gasteiger partial charge in [-0.25, -0.2) is 0 Å². The lowest BCUT2D eigenvalue weighted by atomic mass is 10.1. The quantitative estimate of drug-likeness (QED) is 0.683. The molecule has 170 valence electrons. The molecule has 1 N–H and O–H groups in total. The number of halogens is 2. The third kappa shape index (κ3) is 3.97. The Bertz CT molecular complexity index is 1120. The third-order valence-corrected chi connectivity index (χ3v) is 7.05. The average Bonchev–Trinajstić information content (AvgIpc) is 3.25. The van der Waals surface area contributed by atoms with Gasteiger partial charge in [0.15, 0.2) is 5.69 Å². The number of carbonyl (C=O) groups is 2. The minimum Gasteiger partial charge on any atom is -0.501 e. The van der Waals surface area contributed by atoms with Gasteiger partial charge in [-0.1, -0.05) is 29.3 Å². The number of rotatable bonds is 5. The number of aromatic nitrogens is 2. The number of benzene rings is 1. The monoisotopic (exact) mass is 496 g/mol. The molecule has 2 aliphatic heterocycles. The molecule has 2 amide bonds. The van der Waals surface area contributed by atoms with Crippen LogP contribution < -0.4 is 5.56 Å². The van der Waals surface area contributed by atoms with Gasteiger partial charge in [0.05, 0.1) is 21.7 Å². The van der Waals surface area contributed by atoms with Crippen LogP contribution in [0, 0.1) is 0 Å². The molecule has 1 saturated heterocycles. The van der Waals surface area contributed by atoms with Crippen LogP contribution in [0.25, 0.3) is 0 Å². The Labute approximate surface area is 199 Å². The van der Waals surface area contributed by atoms with Gasteiger partial charge < -0.3 is 19.5 Å². The van der Waals surface area contributed by atoms with E-state index >= 15 is 0 Å². The van der Waals surface area contributed by atoms with Crippen molar-refractivity contribution >= 4 is 46.8 Å². The van der Waals surface area contributed by atoms with Gasteiger partial charge in [0, 0.05) is 31.9 Å². The molecule has 3 heterocycles. The number of likely N-dealkylation sites (tertiary alicyclic amines) is 1. The van der Waals surface area contributed by atoms with Gasteiger partial charge in [-0.05, 0) is 31.2 Å². The topological polar surface area (TPSA) is 95.7 Å². The van der Waals surface area contributed by atoms with Crippen LogP contribution >= 0.6 is 35.0 Å². The molecule has 2 aliphatic rings. The Kier molecular flexibility index (Phi) is 6.69. The van der Waals surface area contributed by atoms with Crippen molar-refractivity contribution in [3.63, 3.8) is 0 Å². The number of carbonyl (C=O) groups excluding carboxylic acids is 2. The molecule has 11 heteroatoms. The molecule has 0 bridgehead atoms. The lowest BCUT2D eigenvalue weighted by molar-refractivity contribution is 0.0690. The smallest absolute Gasteiger partial charge is 0.315 e. The molecule has 0 radical (unpaired) electrons. The summed E-state index contributed by atoms with van der Waals surface area (Å²) in [4.78, 5) is 46.2. The number of amides is 2. The Morgan fingerprint density at radius 1 is 1.22 bits per heavy atom. The van der Waals surface area contributed by atoms with Gasteiger partial charge in [0.1, 0.15) is 5.82 Å². The number of aromatic hydroxyl groups is 1. The Balaban J connectivity index is 1.75. The highest BCUT2D eigenvalue weighted by atomic mass is 35.5. The van der Waals surface area contributed by atoms with Crippen molar-refractivity contribution in [1.29, 1.82) is 0 Å². The zero-order valence-electron chi connectivity index (χ0n) is 17.4. The maximum absolute atomic E-state index is 13.3. The summed E-state index contributed by atoms with van der Waals surface area (Å²) in [5.41, 5.74) is -0.745. The maximum atomic E-state index is 13.3. The number of thioether (sulfide) groups is 1. The summed E-state index contributed by atoms with van der Waals surface area (Å²) in [6, 6.07) is 4.32. The van der Waals surface area contributed by atoms with Crippen molar-refractivity contribution in [2.75, 3.05) is 31.6 Å². The van der Waals surface area contributed by atoms with E-state index in [-0.39, 0.29) is 27.2 Å². The Morgan fingerprint density at radius 2 is 1.94 bits per heavy atom. The van der Waals surface area contributed by atoms with Crippen molar-refractivity contribution < 1.29 is 14.7 Å². The molecule has 1 aromatic carbocycles. The van der Waals surface area contributed by atoms with E-state index in [1.165, 1.54) is 0 Å². The van der Waals surface area contributed by atoms with Gasteiger partial charge in [-0.2, -0.15) is 16.7 Å². The highest BCUT2D eigenvalue weighted by Crippen LogP contribution is 2.36. The molecule has 2 aromatic rings. The predicted octanol–water partition coefficient (Wildman–Crippen LogP) is 3.05. The predicted molar refractivity (Wildman–Crippen MR) is 124 cm³/mol. The summed E-state index contributed by atoms with van der Waals surface area (Å²) in [6.07, 6.45) is 3.20. The van der Waals surface area contributed by atoms with E-state index in [9.17, 15) is 19.5 Å². The lowest BCUT2D eigenvalue weighted by Gasteiger charge is -2.33. The molecule has 0 aliphatic carbocycles. The normalized spacial score (nSPS) is 18.2. The molecule has 1 unspecified atom stereocenters. The molecular weight excluding hydrogens is 475 g/mol. The standard InChI is InChI=1S/C21H22Cl2N4O4S/c1-32-11-10-25-8-9-27-16(21(25)31)17(28)19(29)24-18(27)14-6-3-7-26(14)20(30)15-12(22)4-2-5-13(15)23/h2,4-5,14,28H,3,6-11H2,1H3. The van der Waals surface area contributed by atoms with Crippen LogP contribution in [0.3, 0.4) is 0 Å². The first-order chi connectivity index (χ1) is 15.3. The summed E-state index contributed by atoms with van der Waals surface area (Å²) in [7, 11) is 0. The number of hydrogen-bond acceptors (Lipinski definition) is 6. The Morgan fingerprint density at radius 3 is 2.62 bits per heavy atom. The van der Waals surface area contributed by atoms with Gasteiger partial charge in [-0.15, -0.1) is 0 Å². The average molecular weight is 497 g/mol. The van der Waals surface area contributed by atoms with Gasteiger partial charge in [-0.3, -0.25) is 14.4 Å². The molecule has 1 fully saturated rings. The van der Waals surface area contributed by atoms with Crippen LogP contribution in [-0.2, 0) is 6.54 Å². The van der Waals surface area contributed by atoms with Crippen LogP contribution in [0.5, 0.6) is 5.75 Å². The molecule has 0 saturated carbocycles. The first-order valence-electron chi connectivity index (χ1n) is 10.2. The molecule has 0 spiro atoms. The summed E-state index contributed by atoms with van der Waals surface area (Å²) in [5.74, 6) is -0.373. The maximum Gasteiger partial charge on any atom is 0.315 e. The van der Waals surface area contributed by atoms with E-state index in [0.29, 0.717) is 44.8 Å². The van der Waals surface area contributed by atoms with Gasteiger partial charge in [0.25, 0.3) is 11.8 Å². The molecule has 4 rings (SSSR count). The third-order valence-electron chi connectivity index (χ3n) is 5.83. The van der Waals surface area contributed by atoms with E-state index in [1.807, 2.05) is 6.26 Å². The van der Waals surface area contributed by atoms with Gasteiger partial charge in [0.2, 0.25) is 5.75 Å². The Hall–Kier alpha value is -2.23. The second-order valence-electron chi connectivity index (χ2n) is 7.66. The first-order valence-corrected chi connectivity index (χ1v) is 12.4. The number of nitrogens with zero attached hydrogens (tertiary/aromatic N) is 4. The van der Waals surface area contributed by atoms with Crippen LogP contribution in [-0.4, -0.2) is 67.9 Å². The summed E-state index contributed by atoms with van der Waals surface area (Å²) < 4.78 is 1.58. The van der Waals surface area contributed by atoms with Crippen LogP contribution in [0.2, 0.25) is 10.0 Å². The van der Waals surface area contributed by atoms with E-state index in [2.05, 4.69) is 4.98 Å². The van der Waals surface area contributed by atoms with Crippen molar-refractivity contribution in [3.8, 4) is 5.75 Å². The lowest BCUT2D eigenvalue weighted by Crippen LogP contribution is -2.45.